The second-order valence-corrected chi connectivity index (χ2v) is 6.15. The van der Waals surface area contributed by atoms with Crippen LogP contribution in [0.15, 0.2) is 23.8 Å². The highest BCUT2D eigenvalue weighted by Crippen LogP contribution is 2.36. The Kier molecular flexibility index (Phi) is 4.86. The molecule has 0 spiro atoms. The molecule has 2 aliphatic rings. The maximum absolute atomic E-state index is 12.8. The van der Waals surface area contributed by atoms with E-state index in [1.807, 2.05) is 36.2 Å². The van der Waals surface area contributed by atoms with Crippen LogP contribution in [-0.4, -0.2) is 51.2 Å². The molecule has 3 rings (SSSR count). The lowest BCUT2D eigenvalue weighted by Crippen LogP contribution is -2.43. The van der Waals surface area contributed by atoms with E-state index in [2.05, 4.69) is 5.32 Å². The molecule has 1 unspecified atom stereocenters. The van der Waals surface area contributed by atoms with Crippen LogP contribution in [0.4, 0.5) is 0 Å². The molecule has 1 amide bonds. The number of amides is 1. The molecule has 5 heteroatoms. The van der Waals surface area contributed by atoms with Gasteiger partial charge in [-0.05, 0) is 44.5 Å². The Morgan fingerprint density at radius 3 is 3.13 bits per heavy atom. The first-order chi connectivity index (χ1) is 11.2. The molecule has 5 nitrogen and oxygen atoms in total. The molecular weight excluding hydrogens is 292 g/mol. The quantitative estimate of drug-likeness (QED) is 0.922. The summed E-state index contributed by atoms with van der Waals surface area (Å²) >= 11 is 0. The van der Waals surface area contributed by atoms with Crippen molar-refractivity contribution in [2.45, 2.75) is 12.8 Å². The molecule has 2 aliphatic heterocycles. The zero-order valence-corrected chi connectivity index (χ0v) is 13.8. The van der Waals surface area contributed by atoms with Crippen LogP contribution in [0, 0.1) is 5.92 Å². The maximum atomic E-state index is 12.8. The summed E-state index contributed by atoms with van der Waals surface area (Å²) in [5.74, 6) is 2.06. The Morgan fingerprint density at radius 1 is 1.48 bits per heavy atom. The van der Waals surface area contributed by atoms with Gasteiger partial charge in [-0.2, -0.15) is 0 Å². The van der Waals surface area contributed by atoms with Gasteiger partial charge in [0.05, 0.1) is 12.7 Å². The van der Waals surface area contributed by atoms with E-state index in [1.54, 1.807) is 7.11 Å². The minimum atomic E-state index is 0.0965. The molecule has 2 heterocycles. The second kappa shape index (κ2) is 7.04. The predicted octanol–water partition coefficient (Wildman–Crippen LogP) is 1.93. The number of piperidine rings is 1. The number of hydrogen-bond donors (Lipinski definition) is 1. The lowest BCUT2D eigenvalue weighted by atomic mass is 9.97. The fourth-order valence-electron chi connectivity index (χ4n) is 3.37. The van der Waals surface area contributed by atoms with E-state index in [0.717, 1.165) is 42.9 Å². The van der Waals surface area contributed by atoms with Gasteiger partial charge < -0.3 is 19.7 Å². The number of nitrogens with zero attached hydrogens (tertiary/aromatic N) is 1. The highest BCUT2D eigenvalue weighted by Gasteiger charge is 2.27. The fourth-order valence-corrected chi connectivity index (χ4v) is 3.37. The number of likely N-dealkylation sites (tertiary alicyclic amines) is 1. The standard InChI is InChI=1S/C18H24N2O3/c1-19-10-13-5-4-8-20(11-13)18(21)15-9-14-6-3-7-16(22-2)17(14)23-12-15/h3,6-7,9,13,19H,4-5,8,10-12H2,1-2H3. The summed E-state index contributed by atoms with van der Waals surface area (Å²) in [7, 11) is 3.58. The minimum absolute atomic E-state index is 0.0965. The van der Waals surface area contributed by atoms with Crippen molar-refractivity contribution in [1.29, 1.82) is 0 Å². The van der Waals surface area contributed by atoms with Gasteiger partial charge in [0.15, 0.2) is 11.5 Å². The summed E-state index contributed by atoms with van der Waals surface area (Å²) in [6.07, 6.45) is 4.18. The van der Waals surface area contributed by atoms with Gasteiger partial charge in [-0.25, -0.2) is 0 Å². The van der Waals surface area contributed by atoms with Crippen LogP contribution in [0.1, 0.15) is 18.4 Å². The number of methoxy groups -OCH3 is 1. The monoisotopic (exact) mass is 316 g/mol. The number of fused-ring (bicyclic) bond motifs is 1. The van der Waals surface area contributed by atoms with Gasteiger partial charge in [0, 0.05) is 18.7 Å². The Morgan fingerprint density at radius 2 is 2.35 bits per heavy atom. The molecule has 0 saturated carbocycles. The van der Waals surface area contributed by atoms with E-state index in [4.69, 9.17) is 9.47 Å². The van der Waals surface area contributed by atoms with E-state index in [-0.39, 0.29) is 5.91 Å². The first-order valence-electron chi connectivity index (χ1n) is 8.17. The largest absolute Gasteiger partial charge is 0.493 e. The van der Waals surface area contributed by atoms with Crippen molar-refractivity contribution in [3.63, 3.8) is 0 Å². The van der Waals surface area contributed by atoms with Crippen LogP contribution >= 0.6 is 0 Å². The van der Waals surface area contributed by atoms with Gasteiger partial charge in [-0.3, -0.25) is 4.79 Å². The number of carbonyl (C=O) groups excluding carboxylic acids is 1. The van der Waals surface area contributed by atoms with E-state index >= 15 is 0 Å². The topological polar surface area (TPSA) is 50.8 Å². The predicted molar refractivity (Wildman–Crippen MR) is 89.7 cm³/mol. The number of nitrogens with one attached hydrogen (secondary N) is 1. The first-order valence-corrected chi connectivity index (χ1v) is 8.17. The Labute approximate surface area is 137 Å². The molecule has 0 aromatic heterocycles. The Bertz CT molecular complexity index is 610. The zero-order valence-electron chi connectivity index (χ0n) is 13.8. The average Bonchev–Trinajstić information content (AvgIpc) is 2.60. The van der Waals surface area contributed by atoms with Crippen molar-refractivity contribution in [1.82, 2.24) is 10.2 Å². The van der Waals surface area contributed by atoms with Gasteiger partial charge in [-0.1, -0.05) is 12.1 Å². The highest BCUT2D eigenvalue weighted by molar-refractivity contribution is 5.99. The van der Waals surface area contributed by atoms with Crippen LogP contribution in [0.5, 0.6) is 11.5 Å². The lowest BCUT2D eigenvalue weighted by molar-refractivity contribution is -0.129. The van der Waals surface area contributed by atoms with Crippen LogP contribution in [-0.2, 0) is 4.79 Å². The summed E-state index contributed by atoms with van der Waals surface area (Å²) < 4.78 is 11.1. The molecule has 1 atom stereocenters. The van der Waals surface area contributed by atoms with E-state index in [1.165, 1.54) is 6.42 Å². The number of carbonyl (C=O) groups is 1. The molecule has 0 aliphatic carbocycles. The SMILES string of the molecule is CNCC1CCCN(C(=O)C2=Cc3cccc(OC)c3OC2)C1. The number of ether oxygens (including phenoxy) is 2. The van der Waals surface area contributed by atoms with Gasteiger partial charge in [0.1, 0.15) is 6.61 Å². The number of hydrogen-bond acceptors (Lipinski definition) is 4. The van der Waals surface area contributed by atoms with Crippen LogP contribution in [0.2, 0.25) is 0 Å². The maximum Gasteiger partial charge on any atom is 0.253 e. The van der Waals surface area contributed by atoms with Crippen LogP contribution in [0.25, 0.3) is 6.08 Å². The molecule has 23 heavy (non-hydrogen) atoms. The van der Waals surface area contributed by atoms with Crippen molar-refractivity contribution in [3.05, 3.63) is 29.3 Å². The fraction of sp³-hybridized carbons (Fsp3) is 0.500. The molecule has 1 N–H and O–H groups in total. The van der Waals surface area contributed by atoms with Crippen molar-refractivity contribution in [2.24, 2.45) is 5.92 Å². The Hall–Kier alpha value is -2.01. The highest BCUT2D eigenvalue weighted by atomic mass is 16.5. The van der Waals surface area contributed by atoms with Gasteiger partial charge >= 0.3 is 0 Å². The van der Waals surface area contributed by atoms with E-state index < -0.39 is 0 Å². The smallest absolute Gasteiger partial charge is 0.253 e. The third-order valence-electron chi connectivity index (χ3n) is 4.50. The van der Waals surface area contributed by atoms with Crippen molar-refractivity contribution >= 4 is 12.0 Å². The van der Waals surface area contributed by atoms with Gasteiger partial charge in [-0.15, -0.1) is 0 Å². The average molecular weight is 316 g/mol. The van der Waals surface area contributed by atoms with E-state index in [9.17, 15) is 4.79 Å². The van der Waals surface area contributed by atoms with Gasteiger partial charge in [0.25, 0.3) is 5.91 Å². The summed E-state index contributed by atoms with van der Waals surface area (Å²) in [5.41, 5.74) is 1.62. The third-order valence-corrected chi connectivity index (χ3v) is 4.50. The number of benzene rings is 1. The van der Waals surface area contributed by atoms with Crippen molar-refractivity contribution in [3.8, 4) is 11.5 Å². The first kappa shape index (κ1) is 15.9. The normalized spacial score (nSPS) is 20.3. The van der Waals surface area contributed by atoms with E-state index in [0.29, 0.717) is 18.3 Å². The summed E-state index contributed by atoms with van der Waals surface area (Å²) in [4.78, 5) is 14.8. The molecule has 0 bridgehead atoms. The van der Waals surface area contributed by atoms with Crippen LogP contribution in [0.3, 0.4) is 0 Å². The number of para-hydroxylation sites is 1. The lowest BCUT2D eigenvalue weighted by Gasteiger charge is -2.34. The molecule has 1 fully saturated rings. The van der Waals surface area contributed by atoms with Crippen molar-refractivity contribution in [2.75, 3.05) is 40.4 Å². The van der Waals surface area contributed by atoms with Crippen molar-refractivity contribution < 1.29 is 14.3 Å². The molecule has 1 aromatic rings. The molecular formula is C18H24N2O3. The zero-order chi connectivity index (χ0) is 16.2. The van der Waals surface area contributed by atoms with Crippen LogP contribution < -0.4 is 14.8 Å². The molecule has 1 aromatic carbocycles. The third kappa shape index (κ3) is 3.34. The molecule has 1 saturated heterocycles. The summed E-state index contributed by atoms with van der Waals surface area (Å²) in [6.45, 7) is 2.92. The molecule has 124 valence electrons. The minimum Gasteiger partial charge on any atom is -0.493 e. The Balaban J connectivity index is 1.76. The summed E-state index contributed by atoms with van der Waals surface area (Å²) in [5, 5.41) is 3.21. The number of rotatable bonds is 4. The van der Waals surface area contributed by atoms with Gasteiger partial charge in [0.2, 0.25) is 0 Å². The summed E-state index contributed by atoms with van der Waals surface area (Å²) in [6, 6.07) is 5.73. The molecule has 0 radical (unpaired) electrons. The second-order valence-electron chi connectivity index (χ2n) is 6.15.